The van der Waals surface area contributed by atoms with Crippen LogP contribution in [-0.4, -0.2) is 25.1 Å². The van der Waals surface area contributed by atoms with Crippen LogP contribution in [0.3, 0.4) is 0 Å². The minimum absolute atomic E-state index is 0.167. The second kappa shape index (κ2) is 7.84. The van der Waals surface area contributed by atoms with Crippen LogP contribution in [-0.2, 0) is 9.53 Å². The van der Waals surface area contributed by atoms with Crippen LogP contribution in [0, 0.1) is 6.92 Å². The average Bonchev–Trinajstić information content (AvgIpc) is 2.54. The van der Waals surface area contributed by atoms with E-state index in [0.717, 1.165) is 5.56 Å². The molecule has 126 valence electrons. The lowest BCUT2D eigenvalue weighted by Gasteiger charge is -2.15. The van der Waals surface area contributed by atoms with Gasteiger partial charge in [0.1, 0.15) is 11.3 Å². The number of hydrogen-bond donors (Lipinski definition) is 1. The van der Waals surface area contributed by atoms with Crippen LogP contribution in [0.5, 0.6) is 5.75 Å². The van der Waals surface area contributed by atoms with Crippen LogP contribution in [0.15, 0.2) is 42.5 Å². The molecule has 0 spiro atoms. The number of benzene rings is 2. The molecule has 0 fully saturated rings. The topological polar surface area (TPSA) is 64.6 Å². The number of methoxy groups -OCH3 is 1. The first-order valence-corrected chi connectivity index (χ1v) is 7.70. The largest absolute Gasteiger partial charge is 0.496 e. The predicted octanol–water partition coefficient (Wildman–Crippen LogP) is 3.84. The molecule has 0 heterocycles. The van der Waals surface area contributed by atoms with Crippen molar-refractivity contribution in [1.82, 2.24) is 0 Å². The van der Waals surface area contributed by atoms with Crippen molar-refractivity contribution in [3.05, 3.63) is 58.6 Å². The monoisotopic (exact) mass is 347 g/mol. The molecule has 1 N–H and O–H groups in total. The van der Waals surface area contributed by atoms with Crippen molar-refractivity contribution >= 4 is 29.2 Å². The van der Waals surface area contributed by atoms with Gasteiger partial charge >= 0.3 is 5.97 Å². The van der Waals surface area contributed by atoms with Gasteiger partial charge in [0.2, 0.25) is 0 Å². The van der Waals surface area contributed by atoms with E-state index in [2.05, 4.69) is 5.32 Å². The highest BCUT2D eigenvalue weighted by Gasteiger charge is 2.21. The average molecular weight is 348 g/mol. The molecule has 2 aromatic carbocycles. The molecule has 1 atom stereocenters. The molecule has 1 amide bonds. The maximum atomic E-state index is 12.3. The van der Waals surface area contributed by atoms with Crippen molar-refractivity contribution in [3.63, 3.8) is 0 Å². The second-order valence-corrected chi connectivity index (χ2v) is 5.69. The van der Waals surface area contributed by atoms with Crippen molar-refractivity contribution < 1.29 is 19.1 Å². The first-order chi connectivity index (χ1) is 11.4. The van der Waals surface area contributed by atoms with E-state index >= 15 is 0 Å². The lowest BCUT2D eigenvalue weighted by Crippen LogP contribution is -2.30. The number of aryl methyl sites for hydroxylation is 1. The Kier molecular flexibility index (Phi) is 5.82. The van der Waals surface area contributed by atoms with Gasteiger partial charge in [0, 0.05) is 10.7 Å². The Morgan fingerprint density at radius 2 is 1.92 bits per heavy atom. The van der Waals surface area contributed by atoms with E-state index in [0.29, 0.717) is 16.5 Å². The van der Waals surface area contributed by atoms with E-state index in [4.69, 9.17) is 21.1 Å². The van der Waals surface area contributed by atoms with E-state index in [1.165, 1.54) is 20.1 Å². The molecule has 0 saturated carbocycles. The summed E-state index contributed by atoms with van der Waals surface area (Å²) < 4.78 is 10.3. The SMILES string of the molecule is COc1ccc(Cl)cc1C(=O)O[C@@H](C)C(=O)Nc1cccc(C)c1. The zero-order valence-electron chi connectivity index (χ0n) is 13.6. The summed E-state index contributed by atoms with van der Waals surface area (Å²) in [6.07, 6.45) is -0.971. The van der Waals surface area contributed by atoms with Crippen LogP contribution in [0.4, 0.5) is 5.69 Å². The van der Waals surface area contributed by atoms with Crippen molar-refractivity contribution in [2.75, 3.05) is 12.4 Å². The summed E-state index contributed by atoms with van der Waals surface area (Å²) in [7, 11) is 1.44. The molecule has 0 radical (unpaired) electrons. The summed E-state index contributed by atoms with van der Waals surface area (Å²) in [5.41, 5.74) is 1.82. The molecular weight excluding hydrogens is 330 g/mol. The van der Waals surface area contributed by atoms with Crippen LogP contribution in [0.2, 0.25) is 5.02 Å². The van der Waals surface area contributed by atoms with Gasteiger partial charge in [-0.1, -0.05) is 23.7 Å². The Morgan fingerprint density at radius 1 is 1.17 bits per heavy atom. The minimum Gasteiger partial charge on any atom is -0.496 e. The van der Waals surface area contributed by atoms with Gasteiger partial charge in [0.25, 0.3) is 5.91 Å². The van der Waals surface area contributed by atoms with E-state index in [9.17, 15) is 9.59 Å². The number of ether oxygens (including phenoxy) is 2. The molecule has 0 saturated heterocycles. The number of nitrogens with one attached hydrogen (secondary N) is 1. The van der Waals surface area contributed by atoms with Crippen molar-refractivity contribution in [2.45, 2.75) is 20.0 Å². The van der Waals surface area contributed by atoms with E-state index in [1.54, 1.807) is 18.2 Å². The number of amides is 1. The Hall–Kier alpha value is -2.53. The van der Waals surface area contributed by atoms with Gasteiger partial charge in [-0.3, -0.25) is 4.79 Å². The zero-order valence-corrected chi connectivity index (χ0v) is 14.4. The summed E-state index contributed by atoms with van der Waals surface area (Å²) >= 11 is 5.90. The molecule has 5 nitrogen and oxygen atoms in total. The van der Waals surface area contributed by atoms with Gasteiger partial charge in [-0.15, -0.1) is 0 Å². The highest BCUT2D eigenvalue weighted by Crippen LogP contribution is 2.24. The zero-order chi connectivity index (χ0) is 17.7. The molecule has 2 aromatic rings. The van der Waals surface area contributed by atoms with Gasteiger partial charge < -0.3 is 14.8 Å². The van der Waals surface area contributed by atoms with E-state index in [-0.39, 0.29) is 5.56 Å². The summed E-state index contributed by atoms with van der Waals surface area (Å²) in [5, 5.41) is 3.08. The number of carbonyl (C=O) groups is 2. The Morgan fingerprint density at radius 3 is 2.58 bits per heavy atom. The number of rotatable bonds is 5. The second-order valence-electron chi connectivity index (χ2n) is 5.25. The maximum absolute atomic E-state index is 12.3. The first-order valence-electron chi connectivity index (χ1n) is 7.32. The molecule has 0 aliphatic rings. The van der Waals surface area contributed by atoms with Crippen LogP contribution in [0.1, 0.15) is 22.8 Å². The fourth-order valence-electron chi connectivity index (χ4n) is 2.08. The number of carbonyl (C=O) groups excluding carboxylic acids is 2. The fraction of sp³-hybridized carbons (Fsp3) is 0.222. The maximum Gasteiger partial charge on any atom is 0.342 e. The smallest absolute Gasteiger partial charge is 0.342 e. The minimum atomic E-state index is -0.971. The number of anilines is 1. The van der Waals surface area contributed by atoms with Crippen molar-refractivity contribution in [1.29, 1.82) is 0 Å². The van der Waals surface area contributed by atoms with Crippen molar-refractivity contribution in [2.24, 2.45) is 0 Å². The fourth-order valence-corrected chi connectivity index (χ4v) is 2.26. The van der Waals surface area contributed by atoms with Crippen LogP contribution in [0.25, 0.3) is 0 Å². The summed E-state index contributed by atoms with van der Waals surface area (Å²) in [5.74, 6) is -0.771. The molecular formula is C18H18ClNO4. The number of halogens is 1. The predicted molar refractivity (Wildman–Crippen MR) is 92.7 cm³/mol. The Balaban J connectivity index is 2.06. The van der Waals surface area contributed by atoms with E-state index < -0.39 is 18.0 Å². The number of esters is 1. The van der Waals surface area contributed by atoms with Gasteiger partial charge in [-0.05, 0) is 49.7 Å². The van der Waals surface area contributed by atoms with Gasteiger partial charge in [-0.25, -0.2) is 4.79 Å². The van der Waals surface area contributed by atoms with Gasteiger partial charge in [-0.2, -0.15) is 0 Å². The third kappa shape index (κ3) is 4.49. The Labute approximate surface area is 145 Å². The highest BCUT2D eigenvalue weighted by molar-refractivity contribution is 6.31. The Bertz CT molecular complexity index is 760. The molecule has 0 bridgehead atoms. The first kappa shape index (κ1) is 17.8. The molecule has 0 aliphatic heterocycles. The van der Waals surface area contributed by atoms with Gasteiger partial charge in [0.05, 0.1) is 7.11 Å². The van der Waals surface area contributed by atoms with Crippen LogP contribution >= 0.6 is 11.6 Å². The summed E-state index contributed by atoms with van der Waals surface area (Å²) in [4.78, 5) is 24.4. The normalized spacial score (nSPS) is 11.5. The molecule has 0 unspecified atom stereocenters. The standard InChI is InChI=1S/C18H18ClNO4/c1-11-5-4-6-14(9-11)20-17(21)12(2)24-18(22)15-10-13(19)7-8-16(15)23-3/h4-10,12H,1-3H3,(H,20,21)/t12-/m0/s1. The van der Waals surface area contributed by atoms with Crippen molar-refractivity contribution in [3.8, 4) is 5.75 Å². The highest BCUT2D eigenvalue weighted by atomic mass is 35.5. The lowest BCUT2D eigenvalue weighted by molar-refractivity contribution is -0.123. The third-order valence-electron chi connectivity index (χ3n) is 3.32. The molecule has 6 heteroatoms. The molecule has 0 aliphatic carbocycles. The summed E-state index contributed by atoms with van der Waals surface area (Å²) in [6.45, 7) is 3.42. The van der Waals surface area contributed by atoms with Gasteiger partial charge in [0.15, 0.2) is 6.10 Å². The molecule has 24 heavy (non-hydrogen) atoms. The quantitative estimate of drug-likeness (QED) is 0.834. The third-order valence-corrected chi connectivity index (χ3v) is 3.56. The lowest BCUT2D eigenvalue weighted by atomic mass is 10.2. The summed E-state index contributed by atoms with van der Waals surface area (Å²) in [6, 6.07) is 11.9. The molecule has 0 aromatic heterocycles. The number of hydrogen-bond acceptors (Lipinski definition) is 4. The molecule has 2 rings (SSSR count). The van der Waals surface area contributed by atoms with E-state index in [1.807, 2.05) is 25.1 Å². The van der Waals surface area contributed by atoms with Crippen LogP contribution < -0.4 is 10.1 Å².